The average Bonchev–Trinajstić information content (AvgIpc) is 3.21. The molecule has 9 heteroatoms. The maximum Gasteiger partial charge on any atom is 0.262 e. The molecule has 5 rings (SSSR count). The number of benzene rings is 2. The Labute approximate surface area is 155 Å². The second-order valence-corrected chi connectivity index (χ2v) is 7.76. The summed E-state index contributed by atoms with van der Waals surface area (Å²) in [6.45, 7) is 0.320. The van der Waals surface area contributed by atoms with Crippen LogP contribution >= 0.6 is 0 Å². The third-order valence-electron chi connectivity index (χ3n) is 4.40. The topological polar surface area (TPSA) is 102 Å². The zero-order chi connectivity index (χ0) is 18.4. The Bertz CT molecular complexity index is 1270. The predicted molar refractivity (Wildman–Crippen MR) is 101 cm³/mol. The molecule has 27 heavy (non-hydrogen) atoms. The van der Waals surface area contributed by atoms with E-state index in [0.717, 1.165) is 0 Å². The molecular formula is C18H14N6O2S. The van der Waals surface area contributed by atoms with Gasteiger partial charge in [0.25, 0.3) is 10.0 Å². The standard InChI is InChI=1S/C18H14N6O2S/c25-27(26)15-7-2-1-4-12(15)10-20-17-16-13(5-3-6-14(16)23-27)21-18(22-17)24-9-8-19-11-24/h1-9,11,23H,10H2,(H,20,21,22). The monoisotopic (exact) mass is 378 g/mol. The Hall–Kier alpha value is -3.46. The van der Waals surface area contributed by atoms with E-state index in [1.54, 1.807) is 53.6 Å². The molecule has 4 aromatic rings. The average molecular weight is 378 g/mol. The third-order valence-corrected chi connectivity index (χ3v) is 5.87. The van der Waals surface area contributed by atoms with Crippen molar-refractivity contribution in [2.24, 2.45) is 0 Å². The van der Waals surface area contributed by atoms with Crippen LogP contribution in [0, 0.1) is 0 Å². The molecule has 0 amide bonds. The largest absolute Gasteiger partial charge is 0.365 e. The number of hydrogen-bond donors (Lipinski definition) is 2. The summed E-state index contributed by atoms with van der Waals surface area (Å²) in [5.41, 5.74) is 1.72. The van der Waals surface area contributed by atoms with E-state index in [2.05, 4.69) is 25.0 Å². The number of aromatic nitrogens is 4. The maximum absolute atomic E-state index is 12.9. The van der Waals surface area contributed by atoms with Crippen LogP contribution < -0.4 is 10.0 Å². The predicted octanol–water partition coefficient (Wildman–Crippen LogP) is 2.54. The highest BCUT2D eigenvalue weighted by atomic mass is 32.2. The number of nitrogens with one attached hydrogen (secondary N) is 2. The highest BCUT2D eigenvalue weighted by molar-refractivity contribution is 7.92. The Morgan fingerprint density at radius 3 is 2.78 bits per heavy atom. The van der Waals surface area contributed by atoms with Crippen molar-refractivity contribution in [2.75, 3.05) is 10.0 Å². The Kier molecular flexibility index (Phi) is 3.37. The van der Waals surface area contributed by atoms with Crippen LogP contribution in [0.15, 0.2) is 66.1 Å². The number of hydrogen-bond acceptors (Lipinski definition) is 6. The van der Waals surface area contributed by atoms with Gasteiger partial charge in [0, 0.05) is 18.9 Å². The fraction of sp³-hybridized carbons (Fsp3) is 0.0556. The second kappa shape index (κ2) is 5.78. The first-order chi connectivity index (χ1) is 13.1. The van der Waals surface area contributed by atoms with Crippen molar-refractivity contribution in [2.45, 2.75) is 11.4 Å². The van der Waals surface area contributed by atoms with Gasteiger partial charge in [-0.3, -0.25) is 9.29 Å². The fourth-order valence-electron chi connectivity index (χ4n) is 3.17. The lowest BCUT2D eigenvalue weighted by Gasteiger charge is -2.13. The number of imidazole rings is 1. The number of nitrogens with zero attached hydrogens (tertiary/aromatic N) is 4. The Morgan fingerprint density at radius 2 is 1.93 bits per heavy atom. The smallest absolute Gasteiger partial charge is 0.262 e. The fourth-order valence-corrected chi connectivity index (χ4v) is 4.48. The van der Waals surface area contributed by atoms with E-state index in [0.29, 0.717) is 40.5 Å². The number of anilines is 2. The second-order valence-electron chi connectivity index (χ2n) is 6.11. The molecule has 0 spiro atoms. The molecule has 8 nitrogen and oxygen atoms in total. The van der Waals surface area contributed by atoms with Crippen molar-refractivity contribution >= 4 is 32.4 Å². The van der Waals surface area contributed by atoms with Crippen LogP contribution in [0.1, 0.15) is 5.56 Å². The van der Waals surface area contributed by atoms with E-state index in [1.807, 2.05) is 12.1 Å². The van der Waals surface area contributed by atoms with E-state index in [4.69, 9.17) is 0 Å². The minimum absolute atomic E-state index is 0.241. The molecule has 0 unspecified atom stereocenters. The Balaban J connectivity index is 1.78. The summed E-state index contributed by atoms with van der Waals surface area (Å²) in [4.78, 5) is 13.4. The van der Waals surface area contributed by atoms with E-state index in [9.17, 15) is 8.42 Å². The van der Waals surface area contributed by atoms with Gasteiger partial charge < -0.3 is 5.32 Å². The van der Waals surface area contributed by atoms with Crippen LogP contribution in [0.5, 0.6) is 0 Å². The molecule has 0 fully saturated rings. The molecule has 0 saturated heterocycles. The first-order valence-electron chi connectivity index (χ1n) is 8.25. The van der Waals surface area contributed by atoms with Crippen LogP contribution in [-0.2, 0) is 16.6 Å². The van der Waals surface area contributed by atoms with Crippen molar-refractivity contribution in [3.05, 3.63) is 66.7 Å². The molecule has 3 heterocycles. The molecule has 2 aromatic carbocycles. The molecule has 1 aliphatic heterocycles. The van der Waals surface area contributed by atoms with Gasteiger partial charge in [0.05, 0.1) is 21.5 Å². The van der Waals surface area contributed by atoms with Crippen LogP contribution in [-0.4, -0.2) is 27.9 Å². The minimum atomic E-state index is -3.73. The summed E-state index contributed by atoms with van der Waals surface area (Å²) in [5.74, 6) is 1.01. The van der Waals surface area contributed by atoms with Crippen LogP contribution in [0.4, 0.5) is 11.5 Å². The van der Waals surface area contributed by atoms with Crippen molar-refractivity contribution in [1.82, 2.24) is 19.5 Å². The van der Waals surface area contributed by atoms with Gasteiger partial charge in [-0.15, -0.1) is 0 Å². The van der Waals surface area contributed by atoms with Crippen molar-refractivity contribution in [1.29, 1.82) is 0 Å². The lowest BCUT2D eigenvalue weighted by molar-refractivity contribution is 0.600. The summed E-state index contributed by atoms with van der Waals surface area (Å²) >= 11 is 0. The van der Waals surface area contributed by atoms with Gasteiger partial charge in [0.2, 0.25) is 5.95 Å². The molecule has 0 bridgehead atoms. The normalized spacial score (nSPS) is 15.0. The highest BCUT2D eigenvalue weighted by Crippen LogP contribution is 2.33. The molecule has 1 aliphatic rings. The van der Waals surface area contributed by atoms with E-state index in [-0.39, 0.29) is 4.90 Å². The van der Waals surface area contributed by atoms with Gasteiger partial charge >= 0.3 is 0 Å². The quantitative estimate of drug-likeness (QED) is 0.528. The summed E-state index contributed by atoms with van der Waals surface area (Å²) in [6.07, 6.45) is 5.02. The molecule has 0 saturated carbocycles. The van der Waals surface area contributed by atoms with Crippen molar-refractivity contribution in [3.8, 4) is 5.95 Å². The SMILES string of the molecule is O=S1(=O)Nc2cccc3nc(-n4ccnc4)nc(c23)NCc2ccccc21. The van der Waals surface area contributed by atoms with Crippen molar-refractivity contribution in [3.63, 3.8) is 0 Å². The third kappa shape index (κ3) is 2.59. The molecule has 0 radical (unpaired) electrons. The van der Waals surface area contributed by atoms with Gasteiger partial charge in [-0.25, -0.2) is 18.4 Å². The Morgan fingerprint density at radius 1 is 1.04 bits per heavy atom. The molecule has 0 atom stereocenters. The molecule has 2 N–H and O–H groups in total. The van der Waals surface area contributed by atoms with Crippen LogP contribution in [0.25, 0.3) is 16.9 Å². The summed E-state index contributed by atoms with van der Waals surface area (Å²) in [6, 6.07) is 12.2. The van der Waals surface area contributed by atoms with Crippen LogP contribution in [0.3, 0.4) is 0 Å². The number of rotatable bonds is 1. The van der Waals surface area contributed by atoms with Crippen molar-refractivity contribution < 1.29 is 8.42 Å². The van der Waals surface area contributed by atoms with Gasteiger partial charge in [-0.1, -0.05) is 24.3 Å². The van der Waals surface area contributed by atoms with Crippen LogP contribution in [0.2, 0.25) is 0 Å². The van der Waals surface area contributed by atoms with Gasteiger partial charge in [0.15, 0.2) is 0 Å². The first-order valence-corrected chi connectivity index (χ1v) is 9.74. The molecular weight excluding hydrogens is 364 g/mol. The first kappa shape index (κ1) is 15.8. The molecule has 134 valence electrons. The van der Waals surface area contributed by atoms with Gasteiger partial charge in [0.1, 0.15) is 12.1 Å². The van der Waals surface area contributed by atoms with Gasteiger partial charge in [-0.05, 0) is 23.8 Å². The molecule has 2 aromatic heterocycles. The highest BCUT2D eigenvalue weighted by Gasteiger charge is 2.23. The molecule has 0 aliphatic carbocycles. The lowest BCUT2D eigenvalue weighted by atomic mass is 10.2. The summed E-state index contributed by atoms with van der Waals surface area (Å²) in [5, 5.41) is 3.90. The minimum Gasteiger partial charge on any atom is -0.365 e. The van der Waals surface area contributed by atoms with E-state index in [1.165, 1.54) is 0 Å². The number of sulfonamides is 1. The lowest BCUT2D eigenvalue weighted by Crippen LogP contribution is -2.15. The summed E-state index contributed by atoms with van der Waals surface area (Å²) < 4.78 is 30.2. The van der Waals surface area contributed by atoms with E-state index < -0.39 is 10.0 Å². The maximum atomic E-state index is 12.9. The van der Waals surface area contributed by atoms with Gasteiger partial charge in [-0.2, -0.15) is 4.98 Å². The zero-order valence-electron chi connectivity index (χ0n) is 14.0. The zero-order valence-corrected chi connectivity index (χ0v) is 14.8. The van der Waals surface area contributed by atoms with E-state index >= 15 is 0 Å². The summed E-state index contributed by atoms with van der Waals surface area (Å²) in [7, 11) is -3.73. The number of fused-ring (bicyclic) bond motifs is 1.